The molecule has 3 N–H and O–H groups in total. The lowest BCUT2D eigenvalue weighted by Crippen LogP contribution is -2.12. The molecule has 1 heterocycles. The molecule has 2 rings (SSSR count). The Kier molecular flexibility index (Phi) is 3.58. The fourth-order valence-electron chi connectivity index (χ4n) is 1.71. The number of benzene rings is 1. The minimum Gasteiger partial charge on any atom is -0.308 e. The van der Waals surface area contributed by atoms with Gasteiger partial charge < -0.3 is 5.43 Å². The highest BCUT2D eigenvalue weighted by molar-refractivity contribution is 5.63. The predicted molar refractivity (Wildman–Crippen MR) is 65.0 cm³/mol. The summed E-state index contributed by atoms with van der Waals surface area (Å²) in [5.41, 5.74) is 1.23. The molecule has 4 nitrogen and oxygen atoms in total. The molecule has 0 aliphatic rings. The maximum absolute atomic E-state index is 13.0. The molecule has 0 atom stereocenters. The van der Waals surface area contributed by atoms with Gasteiger partial charge in [0.15, 0.2) is 5.82 Å². The number of hydrogen-bond donors (Lipinski definition) is 2. The maximum atomic E-state index is 13.0. The molecule has 20 heavy (non-hydrogen) atoms. The average Bonchev–Trinajstić information content (AvgIpc) is 2.36. The van der Waals surface area contributed by atoms with Gasteiger partial charge in [-0.1, -0.05) is 0 Å². The summed E-state index contributed by atoms with van der Waals surface area (Å²) < 4.78 is 51.8. The Morgan fingerprint density at radius 1 is 1.15 bits per heavy atom. The number of aryl methyl sites for hydroxylation is 1. The second-order valence-corrected chi connectivity index (χ2v) is 4.05. The zero-order valence-corrected chi connectivity index (χ0v) is 10.3. The van der Waals surface area contributed by atoms with Crippen LogP contribution in [-0.4, -0.2) is 9.97 Å². The first-order chi connectivity index (χ1) is 9.31. The zero-order valence-electron chi connectivity index (χ0n) is 10.3. The van der Waals surface area contributed by atoms with Crippen molar-refractivity contribution in [1.29, 1.82) is 0 Å². The number of aromatic nitrogens is 2. The van der Waals surface area contributed by atoms with Crippen LogP contribution in [0.2, 0.25) is 0 Å². The van der Waals surface area contributed by atoms with E-state index in [0.717, 1.165) is 12.1 Å². The van der Waals surface area contributed by atoms with Gasteiger partial charge in [-0.15, -0.1) is 0 Å². The molecule has 106 valence electrons. The van der Waals surface area contributed by atoms with E-state index in [9.17, 15) is 17.6 Å². The van der Waals surface area contributed by atoms with E-state index in [1.165, 1.54) is 6.07 Å². The highest BCUT2D eigenvalue weighted by Gasteiger charge is 2.35. The first-order valence-electron chi connectivity index (χ1n) is 5.50. The van der Waals surface area contributed by atoms with E-state index in [-0.39, 0.29) is 17.2 Å². The van der Waals surface area contributed by atoms with Crippen LogP contribution >= 0.6 is 0 Å². The van der Waals surface area contributed by atoms with Crippen LogP contribution in [0.5, 0.6) is 0 Å². The number of halogens is 4. The molecule has 0 unspecified atom stereocenters. The molecule has 0 saturated heterocycles. The minimum absolute atomic E-state index is 0.171. The van der Waals surface area contributed by atoms with Gasteiger partial charge >= 0.3 is 6.18 Å². The van der Waals surface area contributed by atoms with E-state index < -0.39 is 17.6 Å². The Morgan fingerprint density at radius 3 is 2.45 bits per heavy atom. The van der Waals surface area contributed by atoms with Crippen LogP contribution < -0.4 is 11.3 Å². The Hall–Kier alpha value is -2.22. The van der Waals surface area contributed by atoms with E-state index in [2.05, 4.69) is 15.4 Å². The van der Waals surface area contributed by atoms with Crippen molar-refractivity contribution in [1.82, 2.24) is 9.97 Å². The zero-order chi connectivity index (χ0) is 14.9. The third kappa shape index (κ3) is 2.85. The molecular weight excluding hydrogens is 276 g/mol. The molecule has 1 aromatic carbocycles. The van der Waals surface area contributed by atoms with E-state index in [0.29, 0.717) is 11.8 Å². The molecule has 8 heteroatoms. The quantitative estimate of drug-likeness (QED) is 0.506. The van der Waals surface area contributed by atoms with Gasteiger partial charge in [0.25, 0.3) is 0 Å². The maximum Gasteiger partial charge on any atom is 0.417 e. The molecule has 0 fully saturated rings. The molecule has 0 aliphatic carbocycles. The van der Waals surface area contributed by atoms with E-state index >= 15 is 0 Å². The lowest BCUT2D eigenvalue weighted by molar-refractivity contribution is -0.137. The SMILES string of the molecule is Cc1cc(NN)nc(-c2ccc(F)cc2C(F)(F)F)n1. The second-order valence-electron chi connectivity index (χ2n) is 4.05. The topological polar surface area (TPSA) is 63.8 Å². The van der Waals surface area contributed by atoms with Gasteiger partial charge in [0, 0.05) is 17.3 Å². The van der Waals surface area contributed by atoms with E-state index in [1.807, 2.05) is 0 Å². The normalized spacial score (nSPS) is 11.5. The van der Waals surface area contributed by atoms with Crippen molar-refractivity contribution in [2.45, 2.75) is 13.1 Å². The van der Waals surface area contributed by atoms with Crippen LogP contribution in [0.3, 0.4) is 0 Å². The van der Waals surface area contributed by atoms with Crippen LogP contribution in [0.15, 0.2) is 24.3 Å². The molecule has 0 spiro atoms. The molecule has 0 aliphatic heterocycles. The first kappa shape index (κ1) is 14.2. The number of hydrogen-bond acceptors (Lipinski definition) is 4. The number of hydrazine groups is 1. The monoisotopic (exact) mass is 286 g/mol. The van der Waals surface area contributed by atoms with Gasteiger partial charge in [-0.05, 0) is 25.1 Å². The molecule has 0 saturated carbocycles. The van der Waals surface area contributed by atoms with Crippen molar-refractivity contribution in [2.75, 3.05) is 5.43 Å². The minimum atomic E-state index is -4.71. The standard InChI is InChI=1S/C12H10F4N4/c1-6-4-10(20-17)19-11(18-6)8-3-2-7(13)5-9(8)12(14,15)16/h2-5H,17H2,1H3,(H,18,19,20). The van der Waals surface area contributed by atoms with Crippen LogP contribution in [0.1, 0.15) is 11.3 Å². The van der Waals surface area contributed by atoms with Gasteiger partial charge in [-0.25, -0.2) is 20.2 Å². The molecule has 1 aromatic heterocycles. The average molecular weight is 286 g/mol. The summed E-state index contributed by atoms with van der Waals surface area (Å²) in [4.78, 5) is 7.78. The van der Waals surface area contributed by atoms with Crippen molar-refractivity contribution in [2.24, 2.45) is 5.84 Å². The third-order valence-electron chi connectivity index (χ3n) is 2.53. The molecular formula is C12H10F4N4. The van der Waals surface area contributed by atoms with Gasteiger partial charge in [0.1, 0.15) is 11.6 Å². The summed E-state index contributed by atoms with van der Waals surface area (Å²) in [5, 5.41) is 0. The summed E-state index contributed by atoms with van der Waals surface area (Å²) in [6.07, 6.45) is -4.71. The number of nitrogens with zero attached hydrogens (tertiary/aromatic N) is 2. The van der Waals surface area contributed by atoms with Crippen molar-refractivity contribution in [3.05, 3.63) is 41.3 Å². The van der Waals surface area contributed by atoms with Crippen molar-refractivity contribution < 1.29 is 17.6 Å². The summed E-state index contributed by atoms with van der Waals surface area (Å²) in [5.74, 6) is 4.21. The molecule has 0 radical (unpaired) electrons. The second kappa shape index (κ2) is 5.04. The largest absolute Gasteiger partial charge is 0.417 e. The number of anilines is 1. The van der Waals surface area contributed by atoms with Gasteiger partial charge in [0.05, 0.1) is 5.56 Å². The highest BCUT2D eigenvalue weighted by Crippen LogP contribution is 2.36. The van der Waals surface area contributed by atoms with Crippen molar-refractivity contribution in [3.8, 4) is 11.4 Å². The van der Waals surface area contributed by atoms with Gasteiger partial charge in [0.2, 0.25) is 0 Å². The Labute approximate surface area is 111 Å². The molecule has 0 bridgehead atoms. The van der Waals surface area contributed by atoms with Crippen LogP contribution in [0.25, 0.3) is 11.4 Å². The van der Waals surface area contributed by atoms with Crippen LogP contribution in [-0.2, 0) is 6.18 Å². The van der Waals surface area contributed by atoms with Gasteiger partial charge in [-0.2, -0.15) is 13.2 Å². The lowest BCUT2D eigenvalue weighted by atomic mass is 10.1. The fourth-order valence-corrected chi connectivity index (χ4v) is 1.71. The summed E-state index contributed by atoms with van der Waals surface area (Å²) in [7, 11) is 0. The number of nitrogens with two attached hydrogens (primary N) is 1. The number of nitrogens with one attached hydrogen (secondary N) is 1. The fraction of sp³-hybridized carbons (Fsp3) is 0.167. The number of alkyl halides is 3. The highest BCUT2D eigenvalue weighted by atomic mass is 19.4. The summed E-state index contributed by atoms with van der Waals surface area (Å²) in [6.45, 7) is 1.59. The number of rotatable bonds is 2. The molecule has 0 amide bonds. The van der Waals surface area contributed by atoms with Crippen LogP contribution in [0, 0.1) is 12.7 Å². The summed E-state index contributed by atoms with van der Waals surface area (Å²) >= 11 is 0. The molecule has 2 aromatic rings. The number of nitrogen functional groups attached to an aromatic ring is 1. The van der Waals surface area contributed by atoms with E-state index in [1.54, 1.807) is 6.92 Å². The Balaban J connectivity index is 2.66. The predicted octanol–water partition coefficient (Wildman–Crippen LogP) is 2.90. The smallest absolute Gasteiger partial charge is 0.308 e. The van der Waals surface area contributed by atoms with E-state index in [4.69, 9.17) is 5.84 Å². The van der Waals surface area contributed by atoms with Crippen molar-refractivity contribution >= 4 is 5.82 Å². The summed E-state index contributed by atoms with van der Waals surface area (Å²) in [6, 6.07) is 3.80. The Bertz CT molecular complexity index is 640. The Morgan fingerprint density at radius 2 is 1.85 bits per heavy atom. The van der Waals surface area contributed by atoms with Gasteiger partial charge in [-0.3, -0.25) is 0 Å². The lowest BCUT2D eigenvalue weighted by Gasteiger charge is -2.13. The first-order valence-corrected chi connectivity index (χ1v) is 5.50. The third-order valence-corrected chi connectivity index (χ3v) is 2.53. The van der Waals surface area contributed by atoms with Crippen LogP contribution in [0.4, 0.5) is 23.4 Å². The van der Waals surface area contributed by atoms with Crippen molar-refractivity contribution in [3.63, 3.8) is 0 Å².